The Hall–Kier alpha value is -0.670. The Morgan fingerprint density at radius 1 is 1.33 bits per heavy atom. The van der Waals surface area contributed by atoms with E-state index in [4.69, 9.17) is 11.6 Å². The van der Waals surface area contributed by atoms with Gasteiger partial charge in [-0.15, -0.1) is 11.6 Å². The molecule has 1 aromatic rings. The standard InChI is InChI=1S/C14H20ClN3/c1-9-11(7-15)8-16-14(17-9)10-5-12-3-4-13(6-10)18(12)2/h8,10,12-13H,3-7H2,1-2H3. The first kappa shape index (κ1) is 12.4. The summed E-state index contributed by atoms with van der Waals surface area (Å²) >= 11 is 5.86. The fourth-order valence-corrected chi connectivity index (χ4v) is 3.72. The van der Waals surface area contributed by atoms with Crippen LogP contribution < -0.4 is 0 Å². The van der Waals surface area contributed by atoms with Crippen LogP contribution in [0.5, 0.6) is 0 Å². The number of fused-ring (bicyclic) bond motifs is 2. The van der Waals surface area contributed by atoms with Gasteiger partial charge in [0.2, 0.25) is 0 Å². The molecule has 3 rings (SSSR count). The molecule has 0 radical (unpaired) electrons. The summed E-state index contributed by atoms with van der Waals surface area (Å²) in [7, 11) is 2.27. The maximum atomic E-state index is 5.86. The maximum Gasteiger partial charge on any atom is 0.131 e. The number of piperidine rings is 1. The van der Waals surface area contributed by atoms with E-state index in [2.05, 4.69) is 21.9 Å². The van der Waals surface area contributed by atoms with Crippen LogP contribution in [0.2, 0.25) is 0 Å². The van der Waals surface area contributed by atoms with Gasteiger partial charge >= 0.3 is 0 Å². The molecular formula is C14H20ClN3. The molecule has 1 aromatic heterocycles. The molecule has 18 heavy (non-hydrogen) atoms. The van der Waals surface area contributed by atoms with Crippen LogP contribution in [0.3, 0.4) is 0 Å². The smallest absolute Gasteiger partial charge is 0.131 e. The van der Waals surface area contributed by atoms with Gasteiger partial charge in [-0.1, -0.05) is 0 Å². The van der Waals surface area contributed by atoms with Gasteiger partial charge in [0.25, 0.3) is 0 Å². The van der Waals surface area contributed by atoms with Crippen molar-refractivity contribution in [3.63, 3.8) is 0 Å². The fourth-order valence-electron chi connectivity index (χ4n) is 3.46. The minimum atomic E-state index is 0.505. The summed E-state index contributed by atoms with van der Waals surface area (Å²) in [6.07, 6.45) is 7.02. The van der Waals surface area contributed by atoms with Crippen LogP contribution in [0.4, 0.5) is 0 Å². The Morgan fingerprint density at radius 3 is 2.56 bits per heavy atom. The SMILES string of the molecule is Cc1nc(C2CC3CCC(C2)N3C)ncc1CCl. The number of halogens is 1. The Bertz CT molecular complexity index is 435. The van der Waals surface area contributed by atoms with E-state index >= 15 is 0 Å². The first-order valence-electron chi connectivity index (χ1n) is 6.79. The number of nitrogens with zero attached hydrogens (tertiary/aromatic N) is 3. The van der Waals surface area contributed by atoms with Crippen LogP contribution in [0.15, 0.2) is 6.20 Å². The van der Waals surface area contributed by atoms with Crippen LogP contribution in [-0.4, -0.2) is 34.0 Å². The predicted molar refractivity (Wildman–Crippen MR) is 72.9 cm³/mol. The average Bonchev–Trinajstić information content (AvgIpc) is 2.61. The molecule has 2 fully saturated rings. The summed E-state index contributed by atoms with van der Waals surface area (Å²) in [6, 6.07) is 1.48. The van der Waals surface area contributed by atoms with Crippen molar-refractivity contribution in [1.82, 2.24) is 14.9 Å². The molecule has 0 aliphatic carbocycles. The third kappa shape index (κ3) is 2.04. The van der Waals surface area contributed by atoms with E-state index in [1.165, 1.54) is 25.7 Å². The van der Waals surface area contributed by atoms with Gasteiger partial charge in [-0.3, -0.25) is 0 Å². The summed E-state index contributed by atoms with van der Waals surface area (Å²) in [5, 5.41) is 0. The molecule has 4 heteroatoms. The maximum absolute atomic E-state index is 5.86. The summed E-state index contributed by atoms with van der Waals surface area (Å²) in [6.45, 7) is 2.03. The van der Waals surface area contributed by atoms with Crippen molar-refractivity contribution in [1.29, 1.82) is 0 Å². The molecule has 98 valence electrons. The molecule has 2 aliphatic rings. The molecule has 0 spiro atoms. The van der Waals surface area contributed by atoms with Crippen molar-refractivity contribution in [3.8, 4) is 0 Å². The number of hydrogen-bond acceptors (Lipinski definition) is 3. The highest BCUT2D eigenvalue weighted by Crippen LogP contribution is 2.41. The molecule has 3 heterocycles. The van der Waals surface area contributed by atoms with E-state index < -0.39 is 0 Å². The van der Waals surface area contributed by atoms with Gasteiger partial charge in [-0.05, 0) is 39.7 Å². The van der Waals surface area contributed by atoms with Gasteiger partial charge in [-0.25, -0.2) is 9.97 Å². The monoisotopic (exact) mass is 265 g/mol. The van der Waals surface area contributed by atoms with Crippen molar-refractivity contribution < 1.29 is 0 Å². The second-order valence-corrected chi connectivity index (χ2v) is 5.96. The molecule has 2 aliphatic heterocycles. The quantitative estimate of drug-likeness (QED) is 0.770. The molecule has 0 aromatic carbocycles. The molecule has 0 saturated carbocycles. The summed E-state index contributed by atoms with van der Waals surface area (Å²) < 4.78 is 0. The lowest BCUT2D eigenvalue weighted by Crippen LogP contribution is -2.39. The van der Waals surface area contributed by atoms with E-state index in [1.54, 1.807) is 0 Å². The molecule has 2 unspecified atom stereocenters. The lowest BCUT2D eigenvalue weighted by molar-refractivity contribution is 0.159. The summed E-state index contributed by atoms with van der Waals surface area (Å²) in [5.74, 6) is 2.08. The van der Waals surface area contributed by atoms with Gasteiger partial charge in [-0.2, -0.15) is 0 Å². The van der Waals surface area contributed by atoms with Crippen LogP contribution in [0.25, 0.3) is 0 Å². The zero-order chi connectivity index (χ0) is 12.7. The molecule has 0 amide bonds. The lowest BCUT2D eigenvalue weighted by Gasteiger charge is -2.35. The highest BCUT2D eigenvalue weighted by Gasteiger charge is 2.39. The fraction of sp³-hybridized carbons (Fsp3) is 0.714. The van der Waals surface area contributed by atoms with Crippen molar-refractivity contribution >= 4 is 11.6 Å². The predicted octanol–water partition coefficient (Wildman–Crippen LogP) is 2.86. The average molecular weight is 266 g/mol. The zero-order valence-electron chi connectivity index (χ0n) is 11.1. The molecule has 3 nitrogen and oxygen atoms in total. The second-order valence-electron chi connectivity index (χ2n) is 5.69. The van der Waals surface area contributed by atoms with E-state index in [1.807, 2.05) is 13.1 Å². The molecule has 2 saturated heterocycles. The normalized spacial score (nSPS) is 31.8. The number of hydrogen-bond donors (Lipinski definition) is 0. The third-order valence-electron chi connectivity index (χ3n) is 4.71. The van der Waals surface area contributed by atoms with Gasteiger partial charge in [0.05, 0.1) is 5.88 Å². The molecule has 2 bridgehead atoms. The largest absolute Gasteiger partial charge is 0.300 e. The van der Waals surface area contributed by atoms with Gasteiger partial charge in [0.1, 0.15) is 5.82 Å². The number of aromatic nitrogens is 2. The van der Waals surface area contributed by atoms with Gasteiger partial charge < -0.3 is 4.90 Å². The molecular weight excluding hydrogens is 246 g/mol. The number of aryl methyl sites for hydroxylation is 1. The third-order valence-corrected chi connectivity index (χ3v) is 4.99. The van der Waals surface area contributed by atoms with E-state index in [9.17, 15) is 0 Å². The van der Waals surface area contributed by atoms with Crippen LogP contribution in [0.1, 0.15) is 48.7 Å². The van der Waals surface area contributed by atoms with Crippen LogP contribution in [0, 0.1) is 6.92 Å². The van der Waals surface area contributed by atoms with E-state index in [-0.39, 0.29) is 0 Å². The number of rotatable bonds is 2. The van der Waals surface area contributed by atoms with Crippen LogP contribution in [-0.2, 0) is 5.88 Å². The number of alkyl halides is 1. The summed E-state index contributed by atoms with van der Waals surface area (Å²) in [4.78, 5) is 11.8. The van der Waals surface area contributed by atoms with Crippen molar-refractivity contribution in [2.24, 2.45) is 0 Å². The van der Waals surface area contributed by atoms with Crippen molar-refractivity contribution in [2.45, 2.75) is 56.5 Å². The first-order chi connectivity index (χ1) is 8.69. The minimum Gasteiger partial charge on any atom is -0.300 e. The zero-order valence-corrected chi connectivity index (χ0v) is 11.8. The van der Waals surface area contributed by atoms with Gasteiger partial charge in [0, 0.05) is 35.5 Å². The molecule has 2 atom stereocenters. The second kappa shape index (κ2) is 4.78. The first-order valence-corrected chi connectivity index (χ1v) is 7.32. The Labute approximate surface area is 114 Å². The van der Waals surface area contributed by atoms with Gasteiger partial charge in [0.15, 0.2) is 0 Å². The Balaban J connectivity index is 1.82. The van der Waals surface area contributed by atoms with Crippen LogP contribution >= 0.6 is 11.6 Å². The molecule has 0 N–H and O–H groups in total. The van der Waals surface area contributed by atoms with Crippen molar-refractivity contribution in [2.75, 3.05) is 7.05 Å². The topological polar surface area (TPSA) is 29.0 Å². The van der Waals surface area contributed by atoms with Crippen molar-refractivity contribution in [3.05, 3.63) is 23.3 Å². The lowest BCUT2D eigenvalue weighted by atomic mass is 9.90. The highest BCUT2D eigenvalue weighted by molar-refractivity contribution is 6.17. The van der Waals surface area contributed by atoms with E-state index in [0.29, 0.717) is 11.8 Å². The minimum absolute atomic E-state index is 0.505. The van der Waals surface area contributed by atoms with E-state index in [0.717, 1.165) is 29.2 Å². The highest BCUT2D eigenvalue weighted by atomic mass is 35.5. The Kier molecular flexibility index (Phi) is 3.29. The Morgan fingerprint density at radius 2 is 2.00 bits per heavy atom. The summed E-state index contributed by atoms with van der Waals surface area (Å²) in [5.41, 5.74) is 2.09.